The summed E-state index contributed by atoms with van der Waals surface area (Å²) < 4.78 is 5.39. The molecular formula is C19H25N3O4. The molecule has 0 unspecified atom stereocenters. The lowest BCUT2D eigenvalue weighted by molar-refractivity contribution is -0.143. The van der Waals surface area contributed by atoms with Gasteiger partial charge in [-0.15, -0.1) is 0 Å². The van der Waals surface area contributed by atoms with Crippen LogP contribution in [0.1, 0.15) is 46.2 Å². The van der Waals surface area contributed by atoms with Crippen LogP contribution in [0.4, 0.5) is 10.5 Å². The molecule has 0 radical (unpaired) electrons. The fourth-order valence-corrected chi connectivity index (χ4v) is 2.95. The Labute approximate surface area is 153 Å². The van der Waals surface area contributed by atoms with Crippen molar-refractivity contribution in [1.82, 2.24) is 10.2 Å². The Morgan fingerprint density at radius 2 is 2.04 bits per heavy atom. The van der Waals surface area contributed by atoms with Crippen LogP contribution in [0.2, 0.25) is 0 Å². The molecule has 0 aliphatic carbocycles. The fraction of sp³-hybridized carbons (Fsp3) is 0.421. The second-order valence-electron chi connectivity index (χ2n) is 6.39. The predicted molar refractivity (Wildman–Crippen MR) is 98.3 cm³/mol. The lowest BCUT2D eigenvalue weighted by Gasteiger charge is -2.35. The van der Waals surface area contributed by atoms with Crippen LogP contribution in [0.3, 0.4) is 0 Å². The number of hydrogen-bond acceptors (Lipinski definition) is 4. The minimum absolute atomic E-state index is 0.196. The first-order chi connectivity index (χ1) is 12.2. The summed E-state index contributed by atoms with van der Waals surface area (Å²) in [6, 6.07) is 6.12. The zero-order valence-corrected chi connectivity index (χ0v) is 15.8. The molecule has 0 aromatic heterocycles. The van der Waals surface area contributed by atoms with Gasteiger partial charge in [0.05, 0.1) is 17.7 Å². The third kappa shape index (κ3) is 4.22. The highest BCUT2D eigenvalue weighted by Gasteiger charge is 2.36. The number of urea groups is 1. The quantitative estimate of drug-likeness (QED) is 0.791. The van der Waals surface area contributed by atoms with Gasteiger partial charge in [0.1, 0.15) is 0 Å². The maximum atomic E-state index is 12.7. The maximum Gasteiger partial charge on any atom is 0.338 e. The Balaban J connectivity index is 2.50. The van der Waals surface area contributed by atoms with Gasteiger partial charge in [0.2, 0.25) is 5.91 Å². The summed E-state index contributed by atoms with van der Waals surface area (Å²) in [6.45, 7) is 8.99. The molecule has 1 aromatic rings. The van der Waals surface area contributed by atoms with Crippen molar-refractivity contribution in [2.75, 3.05) is 11.9 Å². The van der Waals surface area contributed by atoms with Crippen LogP contribution in [-0.4, -0.2) is 35.5 Å². The fourth-order valence-electron chi connectivity index (χ4n) is 2.95. The van der Waals surface area contributed by atoms with Crippen molar-refractivity contribution in [3.63, 3.8) is 0 Å². The first-order valence-electron chi connectivity index (χ1n) is 8.61. The number of rotatable bonds is 5. The topological polar surface area (TPSA) is 87.7 Å². The van der Waals surface area contributed by atoms with E-state index in [1.54, 1.807) is 45.0 Å². The molecule has 1 atom stereocenters. The molecule has 7 heteroatoms. The van der Waals surface area contributed by atoms with Crippen molar-refractivity contribution in [1.29, 1.82) is 0 Å². The molecule has 1 aliphatic heterocycles. The van der Waals surface area contributed by atoms with E-state index in [1.807, 2.05) is 6.92 Å². The largest absolute Gasteiger partial charge is 0.459 e. The first-order valence-corrected chi connectivity index (χ1v) is 8.61. The van der Waals surface area contributed by atoms with Gasteiger partial charge in [-0.05, 0) is 45.4 Å². The summed E-state index contributed by atoms with van der Waals surface area (Å²) in [6.07, 6.45) is -0.276. The highest BCUT2D eigenvalue weighted by Crippen LogP contribution is 2.32. The number of hydrogen-bond donors (Lipinski definition) is 2. The minimum Gasteiger partial charge on any atom is -0.459 e. The Hall–Kier alpha value is -2.83. The van der Waals surface area contributed by atoms with E-state index in [1.165, 1.54) is 11.8 Å². The molecule has 0 bridgehead atoms. The second kappa shape index (κ2) is 8.03. The van der Waals surface area contributed by atoms with Crippen molar-refractivity contribution in [3.8, 4) is 0 Å². The molecule has 2 N–H and O–H groups in total. The Morgan fingerprint density at radius 3 is 2.62 bits per heavy atom. The van der Waals surface area contributed by atoms with Crippen LogP contribution in [0.25, 0.3) is 0 Å². The molecule has 2 rings (SSSR count). The molecule has 1 heterocycles. The highest BCUT2D eigenvalue weighted by molar-refractivity contribution is 5.95. The first kappa shape index (κ1) is 19.5. The van der Waals surface area contributed by atoms with Gasteiger partial charge in [-0.2, -0.15) is 0 Å². The van der Waals surface area contributed by atoms with Crippen molar-refractivity contribution < 1.29 is 19.1 Å². The molecular weight excluding hydrogens is 334 g/mol. The Morgan fingerprint density at radius 1 is 1.35 bits per heavy atom. The number of amides is 3. The summed E-state index contributed by atoms with van der Waals surface area (Å²) in [5, 5.41) is 5.57. The molecule has 0 saturated carbocycles. The number of esters is 1. The van der Waals surface area contributed by atoms with Crippen molar-refractivity contribution >= 4 is 23.6 Å². The third-order valence-electron chi connectivity index (χ3n) is 4.02. The maximum absolute atomic E-state index is 12.7. The number of ether oxygens (including phenoxy) is 1. The smallest absolute Gasteiger partial charge is 0.338 e. The number of anilines is 1. The minimum atomic E-state index is -0.648. The van der Waals surface area contributed by atoms with Gasteiger partial charge in [0, 0.05) is 24.9 Å². The normalized spacial score (nSPS) is 17.2. The molecule has 1 aliphatic rings. The standard InChI is InChI=1S/C19H25N3O4/c1-6-22-12(4)16(18(24)26-11(2)3)17(21-19(22)25)14-8-7-9-15(10-14)20-13(5)23/h7-11,17H,6H2,1-5H3,(H,20,23)(H,21,25)/t17-/m0/s1. The lowest BCUT2D eigenvalue weighted by Crippen LogP contribution is -2.48. The lowest BCUT2D eigenvalue weighted by atomic mass is 9.94. The van der Waals surface area contributed by atoms with Gasteiger partial charge in [-0.25, -0.2) is 9.59 Å². The molecule has 3 amide bonds. The summed E-state index contributed by atoms with van der Waals surface area (Å²) in [7, 11) is 0. The summed E-state index contributed by atoms with van der Waals surface area (Å²) in [5.41, 5.74) is 2.24. The molecule has 0 fully saturated rings. The average molecular weight is 359 g/mol. The van der Waals surface area contributed by atoms with E-state index in [-0.39, 0.29) is 18.0 Å². The van der Waals surface area contributed by atoms with Gasteiger partial charge < -0.3 is 15.4 Å². The van der Waals surface area contributed by atoms with Crippen molar-refractivity contribution in [2.45, 2.75) is 46.8 Å². The van der Waals surface area contributed by atoms with Crippen LogP contribution < -0.4 is 10.6 Å². The molecule has 7 nitrogen and oxygen atoms in total. The SMILES string of the molecule is CCN1C(=O)N[C@@H](c2cccc(NC(C)=O)c2)C(C(=O)OC(C)C)=C1C. The summed E-state index contributed by atoms with van der Waals surface area (Å²) >= 11 is 0. The Bertz CT molecular complexity index is 755. The van der Waals surface area contributed by atoms with Gasteiger partial charge in [0.15, 0.2) is 0 Å². The van der Waals surface area contributed by atoms with Gasteiger partial charge >= 0.3 is 12.0 Å². The summed E-state index contributed by atoms with van der Waals surface area (Å²) in [5.74, 6) is -0.663. The number of benzene rings is 1. The summed E-state index contributed by atoms with van der Waals surface area (Å²) in [4.78, 5) is 38.0. The van der Waals surface area contributed by atoms with Gasteiger partial charge in [-0.3, -0.25) is 9.69 Å². The van der Waals surface area contributed by atoms with Crippen LogP contribution in [-0.2, 0) is 14.3 Å². The van der Waals surface area contributed by atoms with Crippen LogP contribution >= 0.6 is 0 Å². The second-order valence-corrected chi connectivity index (χ2v) is 6.39. The number of nitrogens with zero attached hydrogens (tertiary/aromatic N) is 1. The van der Waals surface area contributed by atoms with Crippen molar-refractivity contribution in [2.24, 2.45) is 0 Å². The highest BCUT2D eigenvalue weighted by atomic mass is 16.5. The average Bonchev–Trinajstić information content (AvgIpc) is 2.53. The van der Waals surface area contributed by atoms with Gasteiger partial charge in [-0.1, -0.05) is 12.1 Å². The van der Waals surface area contributed by atoms with E-state index in [9.17, 15) is 14.4 Å². The van der Waals surface area contributed by atoms with Gasteiger partial charge in [0.25, 0.3) is 0 Å². The predicted octanol–water partition coefficient (Wildman–Crippen LogP) is 2.96. The molecule has 1 aromatic carbocycles. The Kier molecular flexibility index (Phi) is 6.02. The number of carbonyl (C=O) groups is 3. The van der Waals surface area contributed by atoms with E-state index in [4.69, 9.17) is 4.74 Å². The number of nitrogens with one attached hydrogen (secondary N) is 2. The van der Waals surface area contributed by atoms with Crippen LogP contribution in [0, 0.1) is 0 Å². The third-order valence-corrected chi connectivity index (χ3v) is 4.02. The van der Waals surface area contributed by atoms with Crippen LogP contribution in [0.5, 0.6) is 0 Å². The van der Waals surface area contributed by atoms with E-state index < -0.39 is 12.0 Å². The zero-order chi connectivity index (χ0) is 19.4. The van der Waals surface area contributed by atoms with E-state index in [0.29, 0.717) is 29.1 Å². The molecule has 26 heavy (non-hydrogen) atoms. The molecule has 0 saturated heterocycles. The zero-order valence-electron chi connectivity index (χ0n) is 15.8. The number of carbonyl (C=O) groups excluding carboxylic acids is 3. The monoisotopic (exact) mass is 359 g/mol. The number of allylic oxidation sites excluding steroid dienone is 1. The van der Waals surface area contributed by atoms with Crippen molar-refractivity contribution in [3.05, 3.63) is 41.1 Å². The molecule has 140 valence electrons. The van der Waals surface area contributed by atoms with E-state index in [2.05, 4.69) is 10.6 Å². The molecule has 0 spiro atoms. The van der Waals surface area contributed by atoms with Crippen LogP contribution in [0.15, 0.2) is 35.5 Å². The van der Waals surface area contributed by atoms with E-state index in [0.717, 1.165) is 0 Å². The van der Waals surface area contributed by atoms with E-state index >= 15 is 0 Å².